The maximum atomic E-state index is 12.4. The first kappa shape index (κ1) is 22.8. The number of likely N-dealkylation sites (tertiary alicyclic amines) is 1. The second kappa shape index (κ2) is 9.52. The minimum absolute atomic E-state index is 0.00122. The lowest BCUT2D eigenvalue weighted by atomic mass is 9.68. The highest BCUT2D eigenvalue weighted by molar-refractivity contribution is 5.86. The van der Waals surface area contributed by atoms with Crippen LogP contribution >= 0.6 is 0 Å². The molecule has 1 amide bonds. The SMILES string of the molecule is C[C@H](C(=O)NCC(=O)O)c1ccccc1CN1CC[C@@](C)(c2cccc(O)c2)[C@@H](C)C1. The van der Waals surface area contributed by atoms with E-state index in [4.69, 9.17) is 5.11 Å². The lowest BCUT2D eigenvalue weighted by Crippen LogP contribution is -2.47. The highest BCUT2D eigenvalue weighted by Gasteiger charge is 2.38. The van der Waals surface area contributed by atoms with Gasteiger partial charge in [-0.1, -0.05) is 50.2 Å². The van der Waals surface area contributed by atoms with E-state index < -0.39 is 11.9 Å². The van der Waals surface area contributed by atoms with Gasteiger partial charge in [0.2, 0.25) is 5.91 Å². The molecule has 0 aliphatic carbocycles. The zero-order valence-electron chi connectivity index (χ0n) is 18.5. The number of aromatic hydroxyl groups is 1. The Morgan fingerprint density at radius 3 is 2.65 bits per heavy atom. The molecule has 1 heterocycles. The molecule has 0 unspecified atom stereocenters. The molecule has 0 radical (unpaired) electrons. The fourth-order valence-electron chi connectivity index (χ4n) is 4.55. The molecule has 3 N–H and O–H groups in total. The molecule has 6 nitrogen and oxygen atoms in total. The van der Waals surface area contributed by atoms with Gasteiger partial charge in [-0.25, -0.2) is 0 Å². The zero-order chi connectivity index (χ0) is 22.6. The number of carboxylic acids is 1. The molecule has 1 aliphatic rings. The van der Waals surface area contributed by atoms with Gasteiger partial charge in [0.05, 0.1) is 5.92 Å². The minimum Gasteiger partial charge on any atom is -0.508 e. The molecule has 6 heteroatoms. The van der Waals surface area contributed by atoms with E-state index >= 15 is 0 Å². The third-order valence-electron chi connectivity index (χ3n) is 6.80. The number of amides is 1. The Morgan fingerprint density at radius 2 is 1.97 bits per heavy atom. The van der Waals surface area contributed by atoms with Gasteiger partial charge in [0.25, 0.3) is 0 Å². The van der Waals surface area contributed by atoms with Crippen molar-refractivity contribution in [2.24, 2.45) is 5.92 Å². The van der Waals surface area contributed by atoms with Crippen molar-refractivity contribution in [1.82, 2.24) is 10.2 Å². The maximum Gasteiger partial charge on any atom is 0.322 e. The number of carbonyl (C=O) groups excluding carboxylic acids is 1. The quantitative estimate of drug-likeness (QED) is 0.633. The summed E-state index contributed by atoms with van der Waals surface area (Å²) in [5.41, 5.74) is 3.19. The van der Waals surface area contributed by atoms with E-state index in [1.807, 2.05) is 43.3 Å². The highest BCUT2D eigenvalue weighted by atomic mass is 16.4. The topological polar surface area (TPSA) is 89.9 Å². The number of phenolic OH excluding ortho intramolecular Hbond substituents is 1. The Balaban J connectivity index is 1.70. The van der Waals surface area contributed by atoms with Gasteiger partial charge in [-0.05, 0) is 60.0 Å². The molecule has 0 aromatic heterocycles. The van der Waals surface area contributed by atoms with Crippen molar-refractivity contribution in [3.8, 4) is 5.75 Å². The van der Waals surface area contributed by atoms with Crippen LogP contribution in [0.4, 0.5) is 0 Å². The molecule has 0 spiro atoms. The summed E-state index contributed by atoms with van der Waals surface area (Å²) < 4.78 is 0. The Hall–Kier alpha value is -2.86. The van der Waals surface area contributed by atoms with Crippen LogP contribution in [0.15, 0.2) is 48.5 Å². The van der Waals surface area contributed by atoms with Gasteiger partial charge in [0.1, 0.15) is 12.3 Å². The largest absolute Gasteiger partial charge is 0.508 e. The van der Waals surface area contributed by atoms with Crippen molar-refractivity contribution < 1.29 is 19.8 Å². The molecule has 2 aromatic rings. The van der Waals surface area contributed by atoms with Gasteiger partial charge >= 0.3 is 5.97 Å². The Labute approximate surface area is 183 Å². The van der Waals surface area contributed by atoms with Crippen LogP contribution in [-0.2, 0) is 21.5 Å². The van der Waals surface area contributed by atoms with Crippen LogP contribution < -0.4 is 5.32 Å². The van der Waals surface area contributed by atoms with Crippen LogP contribution in [0.25, 0.3) is 0 Å². The maximum absolute atomic E-state index is 12.4. The number of rotatable bonds is 7. The number of hydrogen-bond acceptors (Lipinski definition) is 4. The first-order valence-electron chi connectivity index (χ1n) is 10.8. The van der Waals surface area contributed by atoms with Crippen LogP contribution in [-0.4, -0.2) is 46.6 Å². The predicted octanol–water partition coefficient (Wildman–Crippen LogP) is 3.50. The first-order valence-corrected chi connectivity index (χ1v) is 10.8. The van der Waals surface area contributed by atoms with Crippen molar-refractivity contribution >= 4 is 11.9 Å². The van der Waals surface area contributed by atoms with Gasteiger partial charge in [-0.2, -0.15) is 0 Å². The lowest BCUT2D eigenvalue weighted by Gasteiger charge is -2.45. The number of phenols is 1. The van der Waals surface area contributed by atoms with Crippen LogP contribution in [0.2, 0.25) is 0 Å². The Morgan fingerprint density at radius 1 is 1.23 bits per heavy atom. The van der Waals surface area contributed by atoms with Crippen molar-refractivity contribution in [1.29, 1.82) is 0 Å². The molecule has 1 fully saturated rings. The first-order chi connectivity index (χ1) is 14.7. The number of piperidine rings is 1. The molecule has 3 atom stereocenters. The number of benzene rings is 2. The molecular formula is C25H32N2O4. The van der Waals surface area contributed by atoms with E-state index in [0.29, 0.717) is 11.7 Å². The third kappa shape index (κ3) is 5.25. The number of nitrogens with one attached hydrogen (secondary N) is 1. The molecule has 31 heavy (non-hydrogen) atoms. The standard InChI is InChI=1S/C25H32N2O4/c1-17-15-27(12-11-25(17,3)20-8-6-9-21(28)13-20)16-19-7-4-5-10-22(19)18(2)24(31)26-14-23(29)30/h4-10,13,17-18,28H,11-12,14-16H2,1-3H3,(H,26,31)(H,29,30)/t17-,18-,25+/m0/s1. The zero-order valence-corrected chi connectivity index (χ0v) is 18.5. The Kier molecular flexibility index (Phi) is 7.01. The summed E-state index contributed by atoms with van der Waals surface area (Å²) in [5, 5.41) is 21.2. The van der Waals surface area contributed by atoms with Crippen LogP contribution in [0.3, 0.4) is 0 Å². The normalized spacial score (nSPS) is 22.6. The second-order valence-electron chi connectivity index (χ2n) is 8.89. The van der Waals surface area contributed by atoms with Gasteiger partial charge in [-0.15, -0.1) is 0 Å². The van der Waals surface area contributed by atoms with Crippen LogP contribution in [0, 0.1) is 5.92 Å². The lowest BCUT2D eigenvalue weighted by molar-refractivity contribution is -0.138. The van der Waals surface area contributed by atoms with E-state index in [1.54, 1.807) is 6.07 Å². The van der Waals surface area contributed by atoms with E-state index in [1.165, 1.54) is 5.56 Å². The van der Waals surface area contributed by atoms with Gasteiger partial charge in [0, 0.05) is 13.1 Å². The van der Waals surface area contributed by atoms with E-state index in [9.17, 15) is 14.7 Å². The van der Waals surface area contributed by atoms with Crippen LogP contribution in [0.5, 0.6) is 5.75 Å². The highest BCUT2D eigenvalue weighted by Crippen LogP contribution is 2.40. The van der Waals surface area contributed by atoms with Gasteiger partial charge in [-0.3, -0.25) is 14.5 Å². The average Bonchev–Trinajstić information content (AvgIpc) is 2.74. The summed E-state index contributed by atoms with van der Waals surface area (Å²) in [6.07, 6.45) is 0.981. The van der Waals surface area contributed by atoms with Crippen molar-refractivity contribution in [2.45, 2.75) is 45.1 Å². The predicted molar refractivity (Wildman–Crippen MR) is 120 cm³/mol. The summed E-state index contributed by atoms with van der Waals surface area (Å²) in [6.45, 7) is 8.55. The number of carbonyl (C=O) groups is 2. The van der Waals surface area contributed by atoms with Crippen molar-refractivity contribution in [2.75, 3.05) is 19.6 Å². The molecule has 1 aliphatic heterocycles. The van der Waals surface area contributed by atoms with Gasteiger partial charge < -0.3 is 15.5 Å². The summed E-state index contributed by atoms with van der Waals surface area (Å²) in [6, 6.07) is 15.5. The molecule has 0 saturated carbocycles. The van der Waals surface area contributed by atoms with Gasteiger partial charge in [0.15, 0.2) is 0 Å². The summed E-state index contributed by atoms with van der Waals surface area (Å²) in [4.78, 5) is 25.6. The molecule has 0 bridgehead atoms. The number of hydrogen-bond donors (Lipinski definition) is 3. The molecule has 2 aromatic carbocycles. The van der Waals surface area contributed by atoms with E-state index in [0.717, 1.165) is 37.2 Å². The molecule has 3 rings (SSSR count). The fraction of sp³-hybridized carbons (Fsp3) is 0.440. The number of carboxylic acid groups (broad SMARTS) is 1. The second-order valence-corrected chi connectivity index (χ2v) is 8.89. The molecule has 1 saturated heterocycles. The summed E-state index contributed by atoms with van der Waals surface area (Å²) in [5.74, 6) is -1.05. The average molecular weight is 425 g/mol. The smallest absolute Gasteiger partial charge is 0.322 e. The van der Waals surface area contributed by atoms with Crippen molar-refractivity contribution in [3.05, 3.63) is 65.2 Å². The third-order valence-corrected chi connectivity index (χ3v) is 6.80. The fourth-order valence-corrected chi connectivity index (χ4v) is 4.55. The Bertz CT molecular complexity index is 945. The monoisotopic (exact) mass is 424 g/mol. The summed E-state index contributed by atoms with van der Waals surface area (Å²) in [7, 11) is 0. The van der Waals surface area contributed by atoms with E-state index in [2.05, 4.69) is 30.1 Å². The van der Waals surface area contributed by atoms with E-state index in [-0.39, 0.29) is 17.9 Å². The minimum atomic E-state index is -1.05. The number of aliphatic carboxylic acids is 1. The summed E-state index contributed by atoms with van der Waals surface area (Å²) >= 11 is 0. The van der Waals surface area contributed by atoms with Crippen LogP contribution in [0.1, 0.15) is 49.8 Å². The van der Waals surface area contributed by atoms with Crippen molar-refractivity contribution in [3.63, 3.8) is 0 Å². The number of nitrogens with zero attached hydrogens (tertiary/aromatic N) is 1. The molecular weight excluding hydrogens is 392 g/mol. The molecule has 166 valence electrons.